The molecule has 42 heavy (non-hydrogen) atoms. The molecule has 0 spiro atoms. The van der Waals surface area contributed by atoms with Gasteiger partial charge in [-0.2, -0.15) is 4.37 Å². The van der Waals surface area contributed by atoms with Crippen LogP contribution in [0.1, 0.15) is 17.1 Å². The average molecular weight is 612 g/mol. The van der Waals surface area contributed by atoms with Crippen molar-refractivity contribution in [2.45, 2.75) is 39.2 Å². The highest BCUT2D eigenvalue weighted by molar-refractivity contribution is 7.10. The predicted molar refractivity (Wildman–Crippen MR) is 164 cm³/mol. The summed E-state index contributed by atoms with van der Waals surface area (Å²) in [6, 6.07) is 4.17. The zero-order valence-electron chi connectivity index (χ0n) is 23.9. The molecule has 0 bridgehead atoms. The van der Waals surface area contributed by atoms with E-state index in [0.717, 1.165) is 23.5 Å². The smallest absolute Gasteiger partial charge is 0.243 e. The van der Waals surface area contributed by atoms with E-state index < -0.39 is 19.8 Å². The molecule has 0 radical (unpaired) electrons. The van der Waals surface area contributed by atoms with E-state index in [4.69, 9.17) is 15.1 Å². The first-order chi connectivity index (χ1) is 20.1. The number of anilines is 3. The molecule has 4 heterocycles. The van der Waals surface area contributed by atoms with Crippen LogP contribution < -0.4 is 15.5 Å². The summed E-state index contributed by atoms with van der Waals surface area (Å²) in [7, 11) is -1.29. The molecular formula is C27H34FN9O3SSi. The lowest BCUT2D eigenvalue weighted by Crippen LogP contribution is -2.26. The molecule has 0 unspecified atom stereocenters. The summed E-state index contributed by atoms with van der Waals surface area (Å²) in [5.41, 5.74) is 2.87. The first-order valence-electron chi connectivity index (χ1n) is 13.2. The van der Waals surface area contributed by atoms with Crippen molar-refractivity contribution >= 4 is 59.5 Å². The molecule has 0 aromatic carbocycles. The third-order valence-electron chi connectivity index (χ3n) is 6.06. The van der Waals surface area contributed by atoms with E-state index in [2.05, 4.69) is 44.6 Å². The fourth-order valence-corrected chi connectivity index (χ4v) is 5.37. The number of carbonyl (C=O) groups is 1. The number of pyridine rings is 1. The van der Waals surface area contributed by atoms with Crippen LogP contribution in [0.4, 0.5) is 20.9 Å². The number of nitrogens with zero attached hydrogens (tertiary/aromatic N) is 6. The van der Waals surface area contributed by atoms with Gasteiger partial charge in [0.1, 0.15) is 11.7 Å². The third kappa shape index (κ3) is 7.82. The second kappa shape index (κ2) is 13.7. The number of aryl methyl sites for hydroxylation is 1. The summed E-state index contributed by atoms with van der Waals surface area (Å²) >= 11 is 1.23. The maximum absolute atomic E-state index is 13.8. The van der Waals surface area contributed by atoms with Gasteiger partial charge < -0.3 is 25.9 Å². The zero-order valence-corrected chi connectivity index (χ0v) is 25.7. The van der Waals surface area contributed by atoms with Crippen LogP contribution in [0.3, 0.4) is 0 Å². The molecule has 15 heteroatoms. The molecular weight excluding hydrogens is 578 g/mol. The van der Waals surface area contributed by atoms with Crippen molar-refractivity contribution in [1.29, 1.82) is 5.41 Å². The predicted octanol–water partition coefficient (Wildman–Crippen LogP) is 4.19. The number of nitrogens with one attached hydrogen (secondary N) is 3. The van der Waals surface area contributed by atoms with E-state index >= 15 is 0 Å². The minimum atomic E-state index is -1.29. The lowest BCUT2D eigenvalue weighted by Gasteiger charge is -2.23. The number of fused-ring (bicyclic) bond motifs is 1. The van der Waals surface area contributed by atoms with Crippen molar-refractivity contribution in [3.63, 3.8) is 0 Å². The first-order valence-corrected chi connectivity index (χ1v) is 17.7. The van der Waals surface area contributed by atoms with Crippen LogP contribution >= 0.6 is 11.5 Å². The van der Waals surface area contributed by atoms with E-state index in [9.17, 15) is 14.3 Å². The van der Waals surface area contributed by atoms with Crippen LogP contribution in [-0.4, -0.2) is 68.9 Å². The van der Waals surface area contributed by atoms with Gasteiger partial charge in [0, 0.05) is 45.1 Å². The summed E-state index contributed by atoms with van der Waals surface area (Å²) < 4.78 is 26.0. The van der Waals surface area contributed by atoms with Crippen molar-refractivity contribution in [2.24, 2.45) is 0 Å². The summed E-state index contributed by atoms with van der Waals surface area (Å²) in [4.78, 5) is 27.3. The van der Waals surface area contributed by atoms with E-state index in [1.54, 1.807) is 12.3 Å². The highest BCUT2D eigenvalue weighted by atomic mass is 32.1. The molecule has 0 aliphatic heterocycles. The number of rotatable bonds is 14. The van der Waals surface area contributed by atoms with Gasteiger partial charge in [0.25, 0.3) is 0 Å². The van der Waals surface area contributed by atoms with Crippen LogP contribution in [-0.2, 0) is 16.1 Å². The maximum Gasteiger partial charge on any atom is 0.243 e. The zero-order chi connectivity index (χ0) is 30.3. The second-order valence-corrected chi connectivity index (χ2v) is 17.1. The number of aromatic nitrogens is 5. The number of carbonyl (C=O) groups excluding carboxylic acids is 1. The molecule has 4 aromatic rings. The van der Waals surface area contributed by atoms with Gasteiger partial charge in [0.15, 0.2) is 17.3 Å². The molecule has 222 valence electrons. The summed E-state index contributed by atoms with van der Waals surface area (Å²) in [5.74, 6) is -0.551. The molecule has 0 saturated carbocycles. The quantitative estimate of drug-likeness (QED) is 0.0711. The summed E-state index contributed by atoms with van der Waals surface area (Å²) in [5, 5.41) is 23.7. The van der Waals surface area contributed by atoms with Crippen molar-refractivity contribution in [3.8, 4) is 0 Å². The summed E-state index contributed by atoms with van der Waals surface area (Å²) in [6.45, 7) is 9.22. The monoisotopic (exact) mass is 611 g/mol. The van der Waals surface area contributed by atoms with Crippen molar-refractivity contribution in [3.05, 3.63) is 66.0 Å². The molecule has 4 aromatic heterocycles. The Balaban J connectivity index is 1.59. The average Bonchev–Trinajstić information content (AvgIpc) is 3.59. The van der Waals surface area contributed by atoms with Crippen molar-refractivity contribution in [2.75, 3.05) is 30.1 Å². The number of hydrogen-bond acceptors (Lipinski definition) is 11. The van der Waals surface area contributed by atoms with Gasteiger partial charge in [-0.1, -0.05) is 19.6 Å². The van der Waals surface area contributed by atoms with E-state index in [1.165, 1.54) is 30.0 Å². The minimum Gasteiger partial charge on any atom is -0.390 e. The Kier molecular flexibility index (Phi) is 10.1. The van der Waals surface area contributed by atoms with Crippen LogP contribution in [0.5, 0.6) is 0 Å². The van der Waals surface area contributed by atoms with Gasteiger partial charge in [-0.25, -0.2) is 14.4 Å². The number of aliphatic hydroxyl groups excluding tert-OH is 1. The SMILES string of the molecule is Cc1cn2c(/C(C=N)=C/NCC(=O)Nc3ccncc3F)cnc2c(N(COCC[Si](C)(C)C)c2cc(CO)ns2)n1. The second-order valence-electron chi connectivity index (χ2n) is 10.7. The summed E-state index contributed by atoms with van der Waals surface area (Å²) in [6.07, 6.45) is 8.53. The van der Waals surface area contributed by atoms with E-state index in [-0.39, 0.29) is 25.6 Å². The Bertz CT molecular complexity index is 1580. The van der Waals surface area contributed by atoms with Crippen molar-refractivity contribution in [1.82, 2.24) is 29.0 Å². The number of aliphatic hydroxyl groups is 1. The molecule has 0 aliphatic rings. The Morgan fingerprint density at radius 3 is 2.83 bits per heavy atom. The number of allylic oxidation sites excluding steroid dienone is 1. The van der Waals surface area contributed by atoms with Gasteiger partial charge >= 0.3 is 0 Å². The molecule has 12 nitrogen and oxygen atoms in total. The lowest BCUT2D eigenvalue weighted by molar-refractivity contribution is -0.115. The number of hydrogen-bond donors (Lipinski definition) is 4. The topological polar surface area (TPSA) is 154 Å². The van der Waals surface area contributed by atoms with Crippen LogP contribution in [0, 0.1) is 18.2 Å². The Morgan fingerprint density at radius 1 is 1.33 bits per heavy atom. The molecule has 4 rings (SSSR count). The normalized spacial score (nSPS) is 12.0. The molecule has 0 atom stereocenters. The standard InChI is InChI=1S/C27H34FN9O3SSi/c1-18-15-36-23(19(10-29)11-31-14-24(39)34-22-5-6-30-12-21(22)28)13-32-26(36)27(33-18)37(17-40-7-8-42(2,3)4)25-9-20(16-38)35-41-25/h5-6,9-13,15,29,31,38H,7-8,14,16-17H2,1-4H3,(H,30,34,39)/b19-11+,29-10?. The molecule has 0 aliphatic carbocycles. The van der Waals surface area contributed by atoms with Crippen LogP contribution in [0.2, 0.25) is 25.7 Å². The third-order valence-corrected chi connectivity index (χ3v) is 8.62. The van der Waals surface area contributed by atoms with Gasteiger partial charge in [-0.05, 0) is 36.6 Å². The van der Waals surface area contributed by atoms with Gasteiger partial charge in [-0.15, -0.1) is 0 Å². The number of halogens is 1. The highest BCUT2D eigenvalue weighted by Gasteiger charge is 2.22. The first kappa shape index (κ1) is 30.9. The number of amides is 1. The largest absolute Gasteiger partial charge is 0.390 e. The van der Waals surface area contributed by atoms with E-state index in [0.29, 0.717) is 40.7 Å². The maximum atomic E-state index is 13.8. The molecule has 0 fully saturated rings. The van der Waals surface area contributed by atoms with Crippen LogP contribution in [0.25, 0.3) is 11.2 Å². The van der Waals surface area contributed by atoms with Gasteiger partial charge in [0.2, 0.25) is 5.91 Å². The van der Waals surface area contributed by atoms with Gasteiger partial charge in [0.05, 0.1) is 48.3 Å². The lowest BCUT2D eigenvalue weighted by atomic mass is 10.2. The Hall–Kier alpha value is -4.05. The van der Waals surface area contributed by atoms with Crippen LogP contribution in [0.15, 0.2) is 43.1 Å². The molecule has 0 saturated heterocycles. The number of ether oxygens (including phenoxy) is 1. The Labute approximate surface area is 248 Å². The fourth-order valence-electron chi connectivity index (χ4n) is 3.86. The van der Waals surface area contributed by atoms with Gasteiger partial charge in [-0.3, -0.25) is 19.1 Å². The van der Waals surface area contributed by atoms with Crippen molar-refractivity contribution < 1.29 is 19.0 Å². The number of imidazole rings is 1. The highest BCUT2D eigenvalue weighted by Crippen LogP contribution is 2.32. The Morgan fingerprint density at radius 2 is 2.14 bits per heavy atom. The van der Waals surface area contributed by atoms with E-state index in [1.807, 2.05) is 22.4 Å². The molecule has 1 amide bonds. The molecule has 4 N–H and O–H groups in total. The minimum absolute atomic E-state index is 0.0337. The fraction of sp³-hybridized carbons (Fsp3) is 0.333.